The first kappa shape index (κ1) is 21.0. The van der Waals surface area contributed by atoms with E-state index in [1.54, 1.807) is 37.6 Å². The van der Waals surface area contributed by atoms with Crippen molar-refractivity contribution in [2.75, 3.05) is 20.3 Å². The molecule has 2 atom stereocenters. The lowest BCUT2D eigenvalue weighted by Gasteiger charge is -2.25. The normalized spacial score (nSPS) is 18.2. The Labute approximate surface area is 185 Å². The maximum absolute atomic E-state index is 11.4. The van der Waals surface area contributed by atoms with Gasteiger partial charge in [0.1, 0.15) is 17.6 Å². The number of furan rings is 1. The van der Waals surface area contributed by atoms with Crippen LogP contribution in [-0.2, 0) is 4.74 Å². The van der Waals surface area contributed by atoms with Gasteiger partial charge in [0, 0.05) is 32.5 Å². The zero-order valence-corrected chi connectivity index (χ0v) is 17.7. The topological polar surface area (TPSA) is 93.7 Å². The molecule has 0 radical (unpaired) electrons. The highest BCUT2D eigenvalue weighted by molar-refractivity contribution is 7.80. The summed E-state index contributed by atoms with van der Waals surface area (Å²) in [7, 11) is 1.67. The van der Waals surface area contributed by atoms with Crippen LogP contribution in [0.4, 0.5) is 5.69 Å². The van der Waals surface area contributed by atoms with E-state index in [0.717, 1.165) is 12.1 Å². The number of rotatable bonds is 8. The number of nitro benzene ring substituents is 1. The Morgan fingerprint density at radius 2 is 2.03 bits per heavy atom. The number of nitrogens with one attached hydrogen (secondary N) is 1. The number of nitrogens with zero attached hydrogens (tertiary/aromatic N) is 3. The lowest BCUT2D eigenvalue weighted by atomic mass is 10.0. The van der Waals surface area contributed by atoms with Crippen molar-refractivity contribution >= 4 is 23.0 Å². The molecular formula is C22H22N4O4S. The van der Waals surface area contributed by atoms with E-state index >= 15 is 0 Å². The molecule has 0 spiro atoms. The number of methoxy groups -OCH3 is 1. The van der Waals surface area contributed by atoms with Gasteiger partial charge in [-0.2, -0.15) is 0 Å². The van der Waals surface area contributed by atoms with E-state index in [9.17, 15) is 10.1 Å². The maximum atomic E-state index is 11.4. The summed E-state index contributed by atoms with van der Waals surface area (Å²) in [5.74, 6) is 1.10. The molecular weight excluding hydrogens is 416 g/mol. The molecule has 4 rings (SSSR count). The summed E-state index contributed by atoms with van der Waals surface area (Å²) in [6, 6.07) is 15.5. The van der Waals surface area contributed by atoms with Gasteiger partial charge in [0.15, 0.2) is 5.11 Å². The van der Waals surface area contributed by atoms with Crippen LogP contribution in [0, 0.1) is 10.1 Å². The highest BCUT2D eigenvalue weighted by atomic mass is 32.1. The fourth-order valence-corrected chi connectivity index (χ4v) is 4.16. The van der Waals surface area contributed by atoms with Crippen molar-refractivity contribution in [3.63, 3.8) is 0 Å². The molecule has 160 valence electrons. The lowest BCUT2D eigenvalue weighted by Crippen LogP contribution is -2.31. The van der Waals surface area contributed by atoms with Gasteiger partial charge in [-0.3, -0.25) is 15.1 Å². The van der Waals surface area contributed by atoms with E-state index in [4.69, 9.17) is 21.4 Å². The second-order valence-electron chi connectivity index (χ2n) is 7.14. The molecule has 1 fully saturated rings. The molecule has 1 aliphatic heterocycles. The third-order valence-electron chi connectivity index (χ3n) is 5.23. The van der Waals surface area contributed by atoms with Crippen LogP contribution in [-0.4, -0.2) is 40.2 Å². The Kier molecular flexibility index (Phi) is 6.24. The fourth-order valence-electron chi connectivity index (χ4n) is 3.83. The Morgan fingerprint density at radius 1 is 1.23 bits per heavy atom. The molecule has 0 bridgehead atoms. The molecule has 9 heteroatoms. The minimum atomic E-state index is -0.405. The van der Waals surface area contributed by atoms with Gasteiger partial charge in [-0.25, -0.2) is 0 Å². The largest absolute Gasteiger partial charge is 0.459 e. The van der Waals surface area contributed by atoms with Crippen molar-refractivity contribution in [2.24, 2.45) is 0 Å². The molecule has 2 aromatic heterocycles. The van der Waals surface area contributed by atoms with Crippen LogP contribution in [0.1, 0.15) is 30.0 Å². The number of nitro groups is 1. The molecule has 1 aliphatic rings. The summed E-state index contributed by atoms with van der Waals surface area (Å²) in [5.41, 5.74) is 1.28. The Bertz CT molecular complexity index is 1070. The van der Waals surface area contributed by atoms with E-state index in [0.29, 0.717) is 35.3 Å². The van der Waals surface area contributed by atoms with Crippen molar-refractivity contribution in [1.29, 1.82) is 0 Å². The quantitative estimate of drug-likeness (QED) is 0.241. The SMILES string of the molecule is COCCCN1C(=S)NC(c2ccccn2)C1c1ccc(-c2ccccc2[N+](=O)[O-])o1. The average Bonchev–Trinajstić information content (AvgIpc) is 3.39. The van der Waals surface area contributed by atoms with Gasteiger partial charge in [-0.05, 0) is 49.0 Å². The van der Waals surface area contributed by atoms with Gasteiger partial charge >= 0.3 is 0 Å². The number of pyridine rings is 1. The third-order valence-corrected chi connectivity index (χ3v) is 5.58. The van der Waals surface area contributed by atoms with Crippen LogP contribution in [0.2, 0.25) is 0 Å². The zero-order chi connectivity index (χ0) is 21.8. The minimum Gasteiger partial charge on any atom is -0.459 e. The number of hydrogen-bond acceptors (Lipinski definition) is 6. The number of benzene rings is 1. The summed E-state index contributed by atoms with van der Waals surface area (Å²) < 4.78 is 11.4. The van der Waals surface area contributed by atoms with E-state index in [2.05, 4.69) is 15.2 Å². The molecule has 1 aromatic carbocycles. The van der Waals surface area contributed by atoms with Crippen molar-refractivity contribution in [3.8, 4) is 11.3 Å². The van der Waals surface area contributed by atoms with E-state index in [1.807, 2.05) is 24.3 Å². The first-order valence-corrected chi connectivity index (χ1v) is 10.3. The first-order valence-electron chi connectivity index (χ1n) is 9.90. The van der Waals surface area contributed by atoms with Gasteiger partial charge in [0.2, 0.25) is 0 Å². The fraction of sp³-hybridized carbons (Fsp3) is 0.273. The minimum absolute atomic E-state index is 0.00157. The summed E-state index contributed by atoms with van der Waals surface area (Å²) in [6.45, 7) is 1.29. The van der Waals surface area contributed by atoms with Crippen LogP contribution >= 0.6 is 12.2 Å². The smallest absolute Gasteiger partial charge is 0.280 e. The van der Waals surface area contributed by atoms with Crippen molar-refractivity contribution in [1.82, 2.24) is 15.2 Å². The summed E-state index contributed by atoms with van der Waals surface area (Å²) in [6.07, 6.45) is 2.53. The lowest BCUT2D eigenvalue weighted by molar-refractivity contribution is -0.384. The predicted molar refractivity (Wildman–Crippen MR) is 119 cm³/mol. The van der Waals surface area contributed by atoms with Crippen LogP contribution in [0.3, 0.4) is 0 Å². The van der Waals surface area contributed by atoms with Crippen LogP contribution < -0.4 is 5.32 Å². The molecule has 0 aliphatic carbocycles. The molecule has 8 nitrogen and oxygen atoms in total. The number of hydrogen-bond donors (Lipinski definition) is 1. The van der Waals surface area contributed by atoms with E-state index < -0.39 is 4.92 Å². The van der Waals surface area contributed by atoms with Crippen LogP contribution in [0.5, 0.6) is 0 Å². The number of aromatic nitrogens is 1. The Morgan fingerprint density at radius 3 is 2.77 bits per heavy atom. The predicted octanol–water partition coefficient (Wildman–Crippen LogP) is 4.26. The van der Waals surface area contributed by atoms with Crippen molar-refractivity contribution < 1.29 is 14.1 Å². The number of para-hydroxylation sites is 1. The van der Waals surface area contributed by atoms with Crippen LogP contribution in [0.15, 0.2) is 65.2 Å². The highest BCUT2D eigenvalue weighted by Gasteiger charge is 2.41. The molecule has 0 amide bonds. The second kappa shape index (κ2) is 9.23. The third kappa shape index (κ3) is 4.28. The van der Waals surface area contributed by atoms with Gasteiger partial charge in [0.05, 0.1) is 22.2 Å². The first-order chi connectivity index (χ1) is 15.1. The summed E-state index contributed by atoms with van der Waals surface area (Å²) in [4.78, 5) is 17.6. The highest BCUT2D eigenvalue weighted by Crippen LogP contribution is 2.41. The molecule has 1 saturated heterocycles. The summed E-state index contributed by atoms with van der Waals surface area (Å²) in [5, 5.41) is 15.4. The Balaban J connectivity index is 1.72. The maximum Gasteiger partial charge on any atom is 0.280 e. The molecule has 3 aromatic rings. The van der Waals surface area contributed by atoms with Gasteiger partial charge in [-0.1, -0.05) is 18.2 Å². The van der Waals surface area contributed by atoms with E-state index in [-0.39, 0.29) is 17.8 Å². The second-order valence-corrected chi connectivity index (χ2v) is 7.53. The molecule has 31 heavy (non-hydrogen) atoms. The zero-order valence-electron chi connectivity index (χ0n) is 16.9. The molecule has 0 saturated carbocycles. The van der Waals surface area contributed by atoms with Crippen molar-refractivity contribution in [3.05, 3.63) is 82.4 Å². The standard InChI is InChI=1S/C22H22N4O4S/c1-29-14-6-13-25-21(20(24-22(25)31)16-8-4-5-12-23-16)19-11-10-18(30-19)15-7-2-3-9-17(15)26(27)28/h2-5,7-12,20-21H,6,13-14H2,1H3,(H,24,31). The molecule has 2 unspecified atom stereocenters. The average molecular weight is 439 g/mol. The van der Waals surface area contributed by atoms with E-state index in [1.165, 1.54) is 6.07 Å². The molecule has 3 heterocycles. The Hall–Kier alpha value is -3.30. The number of ether oxygens (including phenoxy) is 1. The summed E-state index contributed by atoms with van der Waals surface area (Å²) >= 11 is 5.61. The monoisotopic (exact) mass is 438 g/mol. The van der Waals surface area contributed by atoms with Crippen LogP contribution in [0.25, 0.3) is 11.3 Å². The van der Waals surface area contributed by atoms with Gasteiger partial charge in [0.25, 0.3) is 5.69 Å². The van der Waals surface area contributed by atoms with Gasteiger partial charge in [-0.15, -0.1) is 0 Å². The van der Waals surface area contributed by atoms with Crippen molar-refractivity contribution in [2.45, 2.75) is 18.5 Å². The molecule has 1 N–H and O–H groups in total. The number of thiocarbonyl (C=S) groups is 1. The van der Waals surface area contributed by atoms with Gasteiger partial charge < -0.3 is 19.4 Å².